The number of nitrogens with one attached hydrogen (secondary N) is 2. The number of alkyl halides is 5. The van der Waals surface area contributed by atoms with Gasteiger partial charge >= 0.3 is 6.18 Å². The van der Waals surface area contributed by atoms with Gasteiger partial charge in [0.2, 0.25) is 5.91 Å². The number of H-pyrrole nitrogens is 1. The highest BCUT2D eigenvalue weighted by Gasteiger charge is 2.57. The third-order valence-corrected chi connectivity index (χ3v) is 6.53. The van der Waals surface area contributed by atoms with Crippen LogP contribution in [0.1, 0.15) is 69.4 Å². The number of rotatable bonds is 8. The second-order valence-electron chi connectivity index (χ2n) is 9.84. The molecule has 0 radical (unpaired) electrons. The molecule has 2 saturated carbocycles. The molecule has 2 aromatic rings. The number of halogens is 5. The second kappa shape index (κ2) is 7.67. The van der Waals surface area contributed by atoms with Crippen molar-refractivity contribution in [3.63, 3.8) is 0 Å². The molecule has 3 atom stereocenters. The lowest BCUT2D eigenvalue weighted by molar-refractivity contribution is -0.215. The maximum atomic E-state index is 13.2. The van der Waals surface area contributed by atoms with Crippen molar-refractivity contribution in [3.05, 3.63) is 29.6 Å². The van der Waals surface area contributed by atoms with Crippen LogP contribution >= 0.6 is 0 Å². The fourth-order valence-electron chi connectivity index (χ4n) is 4.03. The molecular weight excluding hydrogens is 431 g/mol. The minimum absolute atomic E-state index is 0.198. The molecule has 1 unspecified atom stereocenters. The Labute approximate surface area is 182 Å². The molecule has 1 aromatic carbocycles. The van der Waals surface area contributed by atoms with Gasteiger partial charge in [0.05, 0.1) is 28.5 Å². The van der Waals surface area contributed by atoms with E-state index in [9.17, 15) is 26.7 Å². The fourth-order valence-corrected chi connectivity index (χ4v) is 4.03. The number of fused-ring (bicyclic) bond motifs is 1. The zero-order chi connectivity index (χ0) is 23.5. The lowest BCUT2D eigenvalue weighted by Crippen LogP contribution is -2.35. The highest BCUT2D eigenvalue weighted by molar-refractivity contribution is 5.79. The Morgan fingerprint density at radius 2 is 1.97 bits per heavy atom. The number of amides is 1. The van der Waals surface area contributed by atoms with Crippen molar-refractivity contribution in [2.75, 3.05) is 0 Å². The number of hydrogen-bond donors (Lipinski definition) is 3. The minimum atomic E-state index is -4.38. The molecule has 10 heteroatoms. The Bertz CT molecular complexity index is 1010. The van der Waals surface area contributed by atoms with Crippen LogP contribution in [-0.2, 0) is 4.79 Å². The molecule has 1 amide bonds. The summed E-state index contributed by atoms with van der Waals surface area (Å²) in [5.41, 5.74) is 6.03. The molecule has 0 spiro atoms. The summed E-state index contributed by atoms with van der Waals surface area (Å²) < 4.78 is 65.9. The van der Waals surface area contributed by atoms with Gasteiger partial charge in [-0.25, -0.2) is 13.8 Å². The van der Waals surface area contributed by atoms with Gasteiger partial charge in [0.15, 0.2) is 0 Å². The van der Waals surface area contributed by atoms with Gasteiger partial charge in [-0.05, 0) is 42.9 Å². The summed E-state index contributed by atoms with van der Waals surface area (Å²) in [5, 5.41) is 2.89. The van der Waals surface area contributed by atoms with Crippen LogP contribution in [0.25, 0.3) is 11.0 Å². The van der Waals surface area contributed by atoms with E-state index < -0.39 is 35.4 Å². The Kier molecular flexibility index (Phi) is 5.50. The van der Waals surface area contributed by atoms with Gasteiger partial charge in [0.1, 0.15) is 5.82 Å². The van der Waals surface area contributed by atoms with Crippen molar-refractivity contribution in [2.24, 2.45) is 23.0 Å². The summed E-state index contributed by atoms with van der Waals surface area (Å²) in [4.78, 5) is 19.7. The number of nitrogens with two attached hydrogens (primary N) is 1. The van der Waals surface area contributed by atoms with Gasteiger partial charge in [-0.3, -0.25) is 4.79 Å². The van der Waals surface area contributed by atoms with Gasteiger partial charge in [-0.1, -0.05) is 19.9 Å². The normalized spacial score (nSPS) is 22.6. The lowest BCUT2D eigenvalue weighted by Gasteiger charge is -2.29. The van der Waals surface area contributed by atoms with Gasteiger partial charge in [0, 0.05) is 18.8 Å². The first-order valence-electron chi connectivity index (χ1n) is 10.8. The summed E-state index contributed by atoms with van der Waals surface area (Å²) in [6, 6.07) is 4.09. The van der Waals surface area contributed by atoms with E-state index in [1.807, 2.05) is 0 Å². The molecule has 1 aromatic heterocycles. The minimum Gasteiger partial charge on any atom is -0.349 e. The van der Waals surface area contributed by atoms with Crippen LogP contribution in [0, 0.1) is 17.3 Å². The van der Waals surface area contributed by atoms with Crippen LogP contribution in [0.5, 0.6) is 0 Å². The molecule has 176 valence electrons. The zero-order valence-corrected chi connectivity index (χ0v) is 17.9. The van der Waals surface area contributed by atoms with Gasteiger partial charge in [-0.2, -0.15) is 13.2 Å². The second-order valence-corrected chi connectivity index (χ2v) is 9.84. The fraction of sp³-hybridized carbons (Fsp3) is 0.636. The Morgan fingerprint density at radius 1 is 1.31 bits per heavy atom. The number of imidazole rings is 1. The number of carbonyl (C=O) groups is 1. The van der Waals surface area contributed by atoms with E-state index in [1.54, 1.807) is 18.2 Å². The van der Waals surface area contributed by atoms with E-state index >= 15 is 0 Å². The molecule has 32 heavy (non-hydrogen) atoms. The van der Waals surface area contributed by atoms with Crippen molar-refractivity contribution >= 4 is 16.9 Å². The molecule has 0 saturated heterocycles. The number of aromatic nitrogens is 2. The van der Waals surface area contributed by atoms with E-state index in [2.05, 4.69) is 15.3 Å². The van der Waals surface area contributed by atoms with Gasteiger partial charge in [0.25, 0.3) is 5.92 Å². The van der Waals surface area contributed by atoms with E-state index in [1.165, 1.54) is 0 Å². The largest absolute Gasteiger partial charge is 0.394 e. The molecule has 2 fully saturated rings. The summed E-state index contributed by atoms with van der Waals surface area (Å²) >= 11 is 0. The SMILES string of the molecule is CC(C)(C[C@H](N)c1nc2ccc([C@H](NC(=O)CC3CC3(F)F)C3CC3)cc2[nH]1)C(F)(F)F. The van der Waals surface area contributed by atoms with E-state index in [0.29, 0.717) is 11.0 Å². The molecular formula is C22H27F5N4O. The quantitative estimate of drug-likeness (QED) is 0.478. The zero-order valence-electron chi connectivity index (χ0n) is 17.9. The first kappa shape index (κ1) is 22.9. The van der Waals surface area contributed by atoms with E-state index in [0.717, 1.165) is 32.3 Å². The van der Waals surface area contributed by atoms with Crippen molar-refractivity contribution < 1.29 is 26.7 Å². The summed E-state index contributed by atoms with van der Waals surface area (Å²) in [7, 11) is 0. The number of nitrogens with zero attached hydrogens (tertiary/aromatic N) is 1. The number of carbonyl (C=O) groups excluding carboxylic acids is 1. The first-order chi connectivity index (χ1) is 14.8. The smallest absolute Gasteiger partial charge is 0.349 e. The average Bonchev–Trinajstić information content (AvgIpc) is 3.55. The Hall–Kier alpha value is -2.23. The highest BCUT2D eigenvalue weighted by Crippen LogP contribution is 2.51. The molecule has 4 N–H and O–H groups in total. The van der Waals surface area contributed by atoms with E-state index in [4.69, 9.17) is 5.73 Å². The topological polar surface area (TPSA) is 83.8 Å². The van der Waals surface area contributed by atoms with Gasteiger partial charge < -0.3 is 16.0 Å². The summed E-state index contributed by atoms with van der Waals surface area (Å²) in [6.07, 6.45) is -3.30. The molecule has 0 aliphatic heterocycles. The van der Waals surface area contributed by atoms with Crippen LogP contribution in [0.15, 0.2) is 18.2 Å². The number of aromatic amines is 1. The monoisotopic (exact) mass is 458 g/mol. The number of hydrogen-bond acceptors (Lipinski definition) is 3. The van der Waals surface area contributed by atoms with E-state index in [-0.39, 0.29) is 37.0 Å². The van der Waals surface area contributed by atoms with Gasteiger partial charge in [-0.15, -0.1) is 0 Å². The van der Waals surface area contributed by atoms with Crippen LogP contribution in [-0.4, -0.2) is 28.0 Å². The third kappa shape index (κ3) is 4.74. The standard InChI is InChI=1S/C22H27F5N4O/c1-20(2,22(25,26)27)10-14(28)19-29-15-6-5-12(7-16(15)30-19)18(11-3-4-11)31-17(32)8-13-9-21(13,23)24/h5-7,11,13-14,18H,3-4,8-10,28H2,1-2H3,(H,29,30)(H,31,32)/t13?,14-,18+/m0/s1. The Balaban J connectivity index is 1.49. The van der Waals surface area contributed by atoms with Crippen molar-refractivity contribution in [1.29, 1.82) is 0 Å². The molecule has 5 nitrogen and oxygen atoms in total. The average molecular weight is 458 g/mol. The third-order valence-electron chi connectivity index (χ3n) is 6.53. The number of benzene rings is 1. The molecule has 4 rings (SSSR count). The highest BCUT2D eigenvalue weighted by atomic mass is 19.4. The predicted molar refractivity (Wildman–Crippen MR) is 109 cm³/mol. The van der Waals surface area contributed by atoms with Crippen molar-refractivity contribution in [1.82, 2.24) is 15.3 Å². The maximum Gasteiger partial charge on any atom is 0.394 e. The molecule has 0 bridgehead atoms. The van der Waals surface area contributed by atoms with Crippen LogP contribution in [0.3, 0.4) is 0 Å². The van der Waals surface area contributed by atoms with Crippen LogP contribution in [0.2, 0.25) is 0 Å². The lowest BCUT2D eigenvalue weighted by atomic mass is 9.85. The molecule has 2 aliphatic rings. The van der Waals surface area contributed by atoms with Crippen LogP contribution < -0.4 is 11.1 Å². The van der Waals surface area contributed by atoms with Crippen molar-refractivity contribution in [2.45, 2.75) is 70.1 Å². The maximum absolute atomic E-state index is 13.2. The molecule has 2 aliphatic carbocycles. The Morgan fingerprint density at radius 3 is 2.53 bits per heavy atom. The first-order valence-corrected chi connectivity index (χ1v) is 10.8. The van der Waals surface area contributed by atoms with Crippen molar-refractivity contribution in [3.8, 4) is 0 Å². The molecule has 1 heterocycles. The summed E-state index contributed by atoms with van der Waals surface area (Å²) in [6.45, 7) is 2.21. The van der Waals surface area contributed by atoms with Crippen LogP contribution in [0.4, 0.5) is 22.0 Å². The predicted octanol–water partition coefficient (Wildman–Crippen LogP) is 5.15. The summed E-state index contributed by atoms with van der Waals surface area (Å²) in [5.74, 6) is -3.53.